The molecular weight excluding hydrogens is 312 g/mol. The second kappa shape index (κ2) is 8.33. The first-order valence-electron chi connectivity index (χ1n) is 9.81. The molecule has 0 aromatic heterocycles. The summed E-state index contributed by atoms with van der Waals surface area (Å²) >= 11 is 0. The molecule has 3 rings (SSSR count). The van der Waals surface area contributed by atoms with Gasteiger partial charge in [-0.3, -0.25) is 4.79 Å². The van der Waals surface area contributed by atoms with Gasteiger partial charge in [0, 0.05) is 19.7 Å². The molecule has 0 unspecified atom stereocenters. The molecule has 2 aliphatic rings. The lowest BCUT2D eigenvalue weighted by Crippen LogP contribution is -2.55. The number of carbonyl (C=O) groups excluding carboxylic acids is 1. The first-order chi connectivity index (χ1) is 12.2. The Morgan fingerprint density at radius 1 is 1.20 bits per heavy atom. The normalized spacial score (nSPS) is 24.2. The van der Waals surface area contributed by atoms with Gasteiger partial charge in [0.05, 0.1) is 11.5 Å². The number of amides is 1. The van der Waals surface area contributed by atoms with E-state index in [1.165, 1.54) is 5.56 Å². The topological polar surface area (TPSA) is 32.8 Å². The van der Waals surface area contributed by atoms with Gasteiger partial charge in [-0.2, -0.15) is 0 Å². The van der Waals surface area contributed by atoms with E-state index in [1.54, 1.807) is 0 Å². The maximum absolute atomic E-state index is 13.7. The van der Waals surface area contributed by atoms with Gasteiger partial charge < -0.3 is 14.5 Å². The lowest BCUT2D eigenvalue weighted by atomic mass is 9.71. The van der Waals surface area contributed by atoms with Crippen LogP contribution in [0.1, 0.15) is 44.6 Å². The Kier molecular flexibility index (Phi) is 6.13. The number of ether oxygens (including phenoxy) is 1. The van der Waals surface area contributed by atoms with Crippen molar-refractivity contribution in [2.45, 2.75) is 50.5 Å². The highest BCUT2D eigenvalue weighted by Gasteiger charge is 2.45. The lowest BCUT2D eigenvalue weighted by molar-refractivity contribution is -0.143. The van der Waals surface area contributed by atoms with Gasteiger partial charge in [-0.15, -0.1) is 0 Å². The Morgan fingerprint density at radius 3 is 2.60 bits per heavy atom. The van der Waals surface area contributed by atoms with Gasteiger partial charge in [-0.05, 0) is 57.8 Å². The molecular formula is C21H32N2O2. The van der Waals surface area contributed by atoms with Crippen molar-refractivity contribution in [1.82, 2.24) is 9.80 Å². The smallest absolute Gasteiger partial charge is 0.233 e. The maximum Gasteiger partial charge on any atom is 0.233 e. The molecule has 2 fully saturated rings. The monoisotopic (exact) mass is 344 g/mol. The number of piperidine rings is 2. The Hall–Kier alpha value is -1.39. The fourth-order valence-electron chi connectivity index (χ4n) is 4.23. The largest absolute Gasteiger partial charge is 0.376 e. The number of benzene rings is 1. The summed E-state index contributed by atoms with van der Waals surface area (Å²) in [5.41, 5.74) is 0.824. The van der Waals surface area contributed by atoms with Crippen LogP contribution in [0, 0.1) is 0 Å². The van der Waals surface area contributed by atoms with Gasteiger partial charge in [0.1, 0.15) is 0 Å². The minimum Gasteiger partial charge on any atom is -0.376 e. The van der Waals surface area contributed by atoms with E-state index in [0.717, 1.165) is 64.9 Å². The van der Waals surface area contributed by atoms with Crippen LogP contribution in [-0.2, 0) is 14.9 Å². The molecule has 1 amide bonds. The molecule has 138 valence electrons. The summed E-state index contributed by atoms with van der Waals surface area (Å²) in [4.78, 5) is 18.1. The van der Waals surface area contributed by atoms with E-state index in [4.69, 9.17) is 4.74 Å². The second-order valence-corrected chi connectivity index (χ2v) is 7.64. The van der Waals surface area contributed by atoms with E-state index < -0.39 is 0 Å². The van der Waals surface area contributed by atoms with Crippen LogP contribution in [0.5, 0.6) is 0 Å². The Morgan fingerprint density at radius 2 is 1.92 bits per heavy atom. The van der Waals surface area contributed by atoms with Crippen LogP contribution in [0.25, 0.3) is 0 Å². The van der Waals surface area contributed by atoms with Crippen LogP contribution in [0.15, 0.2) is 30.3 Å². The third kappa shape index (κ3) is 4.06. The van der Waals surface area contributed by atoms with Crippen LogP contribution in [0.2, 0.25) is 0 Å². The van der Waals surface area contributed by atoms with E-state index in [0.29, 0.717) is 5.91 Å². The molecule has 0 spiro atoms. The highest BCUT2D eigenvalue weighted by molar-refractivity contribution is 5.88. The third-order valence-corrected chi connectivity index (χ3v) is 5.80. The molecule has 2 heterocycles. The number of nitrogens with zero attached hydrogens (tertiary/aromatic N) is 2. The van der Waals surface area contributed by atoms with E-state index in [9.17, 15) is 4.79 Å². The van der Waals surface area contributed by atoms with Crippen LogP contribution in [0.4, 0.5) is 0 Å². The minimum atomic E-state index is -0.361. The van der Waals surface area contributed by atoms with Crippen molar-refractivity contribution in [3.05, 3.63) is 35.9 Å². The van der Waals surface area contributed by atoms with Crippen molar-refractivity contribution in [3.8, 4) is 0 Å². The molecule has 1 aromatic rings. The van der Waals surface area contributed by atoms with Crippen molar-refractivity contribution in [3.63, 3.8) is 0 Å². The van der Waals surface area contributed by atoms with Crippen molar-refractivity contribution >= 4 is 5.91 Å². The average Bonchev–Trinajstić information content (AvgIpc) is 2.67. The molecule has 2 saturated heterocycles. The first kappa shape index (κ1) is 18.4. The molecule has 2 aliphatic heterocycles. The van der Waals surface area contributed by atoms with Gasteiger partial charge in [0.15, 0.2) is 0 Å². The van der Waals surface area contributed by atoms with E-state index in [1.807, 2.05) is 6.07 Å². The summed E-state index contributed by atoms with van der Waals surface area (Å²) in [6.07, 6.45) is 5.17. The zero-order chi connectivity index (χ0) is 17.7. The lowest BCUT2D eigenvalue weighted by Gasteiger charge is -2.44. The standard InChI is InChI=1S/C21H32N2O2/c1-3-16-25-19-10-7-13-23(17-19)20(24)21(11-14-22(2)15-12-21)18-8-5-4-6-9-18/h4-6,8-9,19H,3,7,10-17H2,1-2H3/t19-/m0/s1. The Bertz CT molecular complexity index is 552. The van der Waals surface area contributed by atoms with Gasteiger partial charge in [0.2, 0.25) is 5.91 Å². The summed E-state index contributed by atoms with van der Waals surface area (Å²) in [5, 5.41) is 0. The number of likely N-dealkylation sites (tertiary alicyclic amines) is 2. The Balaban J connectivity index is 1.80. The predicted octanol–water partition coefficient (Wildman–Crippen LogP) is 3.07. The number of carbonyl (C=O) groups is 1. The van der Waals surface area contributed by atoms with E-state index >= 15 is 0 Å². The number of hydrogen-bond acceptors (Lipinski definition) is 3. The van der Waals surface area contributed by atoms with Crippen LogP contribution < -0.4 is 0 Å². The molecule has 0 saturated carbocycles. The molecule has 1 aromatic carbocycles. The van der Waals surface area contributed by atoms with Gasteiger partial charge in [-0.25, -0.2) is 0 Å². The van der Waals surface area contributed by atoms with Crippen molar-refractivity contribution in [1.29, 1.82) is 0 Å². The van der Waals surface area contributed by atoms with E-state index in [2.05, 4.69) is 48.0 Å². The van der Waals surface area contributed by atoms with Crippen molar-refractivity contribution in [2.24, 2.45) is 0 Å². The first-order valence-corrected chi connectivity index (χ1v) is 9.81. The summed E-state index contributed by atoms with van der Waals surface area (Å²) in [6, 6.07) is 10.4. The number of rotatable bonds is 5. The van der Waals surface area contributed by atoms with Crippen molar-refractivity contribution in [2.75, 3.05) is 39.8 Å². The third-order valence-electron chi connectivity index (χ3n) is 5.80. The van der Waals surface area contributed by atoms with Crippen LogP contribution >= 0.6 is 0 Å². The Labute approximate surface area is 152 Å². The molecule has 4 nitrogen and oxygen atoms in total. The minimum absolute atomic E-state index is 0.205. The highest BCUT2D eigenvalue weighted by atomic mass is 16.5. The fourth-order valence-corrected chi connectivity index (χ4v) is 4.23. The summed E-state index contributed by atoms with van der Waals surface area (Å²) < 4.78 is 5.95. The predicted molar refractivity (Wildman–Crippen MR) is 101 cm³/mol. The molecule has 0 radical (unpaired) electrons. The summed E-state index contributed by atoms with van der Waals surface area (Å²) in [5.74, 6) is 0.316. The molecule has 0 bridgehead atoms. The number of hydrogen-bond donors (Lipinski definition) is 0. The quantitative estimate of drug-likeness (QED) is 0.823. The van der Waals surface area contributed by atoms with Gasteiger partial charge in [-0.1, -0.05) is 37.3 Å². The molecule has 0 aliphatic carbocycles. The van der Waals surface area contributed by atoms with E-state index in [-0.39, 0.29) is 11.5 Å². The molecule has 4 heteroatoms. The fraction of sp³-hybridized carbons (Fsp3) is 0.667. The molecule has 25 heavy (non-hydrogen) atoms. The summed E-state index contributed by atoms with van der Waals surface area (Å²) in [7, 11) is 2.15. The average molecular weight is 344 g/mol. The highest BCUT2D eigenvalue weighted by Crippen LogP contribution is 2.38. The zero-order valence-corrected chi connectivity index (χ0v) is 15.7. The van der Waals surface area contributed by atoms with Crippen molar-refractivity contribution < 1.29 is 9.53 Å². The molecule has 1 atom stereocenters. The molecule has 0 N–H and O–H groups in total. The van der Waals surface area contributed by atoms with Crippen LogP contribution in [0.3, 0.4) is 0 Å². The van der Waals surface area contributed by atoms with Gasteiger partial charge in [0.25, 0.3) is 0 Å². The zero-order valence-electron chi connectivity index (χ0n) is 15.7. The van der Waals surface area contributed by atoms with Gasteiger partial charge >= 0.3 is 0 Å². The summed E-state index contributed by atoms with van der Waals surface area (Å²) in [6.45, 7) is 6.50. The second-order valence-electron chi connectivity index (χ2n) is 7.64. The maximum atomic E-state index is 13.7. The SMILES string of the molecule is CCCO[C@H]1CCCN(C(=O)C2(c3ccccc3)CCN(C)CC2)C1. The van der Waals surface area contributed by atoms with Crippen LogP contribution in [-0.4, -0.2) is 61.6 Å².